The summed E-state index contributed by atoms with van der Waals surface area (Å²) in [6, 6.07) is 5.68. The molecule has 3 N–H and O–H groups in total. The molecule has 0 saturated carbocycles. The third-order valence-corrected chi connectivity index (χ3v) is 3.37. The number of pyridine rings is 1. The van der Waals surface area contributed by atoms with Gasteiger partial charge in [0.15, 0.2) is 0 Å². The van der Waals surface area contributed by atoms with E-state index in [1.54, 1.807) is 6.20 Å². The molecule has 1 unspecified atom stereocenters. The van der Waals surface area contributed by atoms with Gasteiger partial charge in [0.1, 0.15) is 5.82 Å². The highest BCUT2D eigenvalue weighted by Crippen LogP contribution is 2.10. The summed E-state index contributed by atoms with van der Waals surface area (Å²) in [5.41, 5.74) is 0. The molecule has 1 aliphatic heterocycles. The average Bonchev–Trinajstić information content (AvgIpc) is 3.03. The summed E-state index contributed by atoms with van der Waals surface area (Å²) < 4.78 is 5.45. The lowest BCUT2D eigenvalue weighted by Gasteiger charge is -2.11. The second kappa shape index (κ2) is 9.18. The van der Waals surface area contributed by atoms with Crippen molar-refractivity contribution in [3.05, 3.63) is 24.4 Å². The van der Waals surface area contributed by atoms with Gasteiger partial charge in [0.05, 0.1) is 6.10 Å². The Labute approximate surface area is 125 Å². The van der Waals surface area contributed by atoms with E-state index in [0.717, 1.165) is 44.7 Å². The monoisotopic (exact) mass is 292 g/mol. The molecule has 2 amide bonds. The molecule has 21 heavy (non-hydrogen) atoms. The van der Waals surface area contributed by atoms with E-state index in [4.69, 9.17) is 4.74 Å². The summed E-state index contributed by atoms with van der Waals surface area (Å²) in [4.78, 5) is 15.7. The molecule has 1 aliphatic rings. The normalized spacial score (nSPS) is 17.4. The van der Waals surface area contributed by atoms with Crippen LogP contribution in [0.2, 0.25) is 0 Å². The molecule has 1 aromatic heterocycles. The Kier molecular flexibility index (Phi) is 6.80. The highest BCUT2D eigenvalue weighted by atomic mass is 16.5. The van der Waals surface area contributed by atoms with E-state index in [9.17, 15) is 4.79 Å². The van der Waals surface area contributed by atoms with Crippen molar-refractivity contribution >= 4 is 11.8 Å². The first-order chi connectivity index (χ1) is 10.3. The van der Waals surface area contributed by atoms with Crippen LogP contribution in [0.15, 0.2) is 24.4 Å². The highest BCUT2D eigenvalue weighted by molar-refractivity contribution is 5.73. The van der Waals surface area contributed by atoms with Gasteiger partial charge in [-0.1, -0.05) is 6.07 Å². The van der Waals surface area contributed by atoms with Gasteiger partial charge in [0.25, 0.3) is 0 Å². The second-order valence-corrected chi connectivity index (χ2v) is 5.12. The van der Waals surface area contributed by atoms with Crippen molar-refractivity contribution in [2.75, 3.05) is 31.6 Å². The Morgan fingerprint density at radius 3 is 2.95 bits per heavy atom. The zero-order chi connectivity index (χ0) is 14.8. The molecule has 2 rings (SSSR count). The number of carbonyl (C=O) groups excluding carboxylic acids is 1. The minimum atomic E-state index is -0.108. The van der Waals surface area contributed by atoms with Crippen molar-refractivity contribution in [1.82, 2.24) is 15.6 Å². The highest BCUT2D eigenvalue weighted by Gasteiger charge is 2.15. The molecule has 0 bridgehead atoms. The lowest BCUT2D eigenvalue weighted by atomic mass is 10.2. The van der Waals surface area contributed by atoms with E-state index in [1.165, 1.54) is 0 Å². The van der Waals surface area contributed by atoms with E-state index >= 15 is 0 Å². The van der Waals surface area contributed by atoms with Crippen molar-refractivity contribution < 1.29 is 9.53 Å². The van der Waals surface area contributed by atoms with Crippen molar-refractivity contribution in [2.45, 2.75) is 31.8 Å². The number of urea groups is 1. The van der Waals surface area contributed by atoms with Crippen molar-refractivity contribution in [3.8, 4) is 0 Å². The SMILES string of the molecule is O=C(NCCCCNc1ccccn1)NCC1CCCO1. The fourth-order valence-electron chi connectivity index (χ4n) is 2.21. The molecule has 1 aromatic rings. The van der Waals surface area contributed by atoms with Crippen LogP contribution in [0.4, 0.5) is 10.6 Å². The predicted molar refractivity (Wildman–Crippen MR) is 82.3 cm³/mol. The Hall–Kier alpha value is -1.82. The third kappa shape index (κ3) is 6.44. The number of carbonyl (C=O) groups is 1. The molecule has 0 spiro atoms. The minimum Gasteiger partial charge on any atom is -0.376 e. The molecule has 1 fully saturated rings. The van der Waals surface area contributed by atoms with Crippen LogP contribution in [-0.4, -0.2) is 43.4 Å². The maximum absolute atomic E-state index is 11.6. The van der Waals surface area contributed by atoms with Crippen LogP contribution in [0.25, 0.3) is 0 Å². The zero-order valence-electron chi connectivity index (χ0n) is 12.3. The van der Waals surface area contributed by atoms with Crippen molar-refractivity contribution in [2.24, 2.45) is 0 Å². The van der Waals surface area contributed by atoms with Crippen LogP contribution < -0.4 is 16.0 Å². The maximum atomic E-state index is 11.6. The molecule has 0 aromatic carbocycles. The van der Waals surface area contributed by atoms with Gasteiger partial charge in [-0.3, -0.25) is 0 Å². The fraction of sp³-hybridized carbons (Fsp3) is 0.600. The summed E-state index contributed by atoms with van der Waals surface area (Å²) >= 11 is 0. The number of ether oxygens (including phenoxy) is 1. The Balaban J connectivity index is 1.43. The van der Waals surface area contributed by atoms with Gasteiger partial charge in [0.2, 0.25) is 0 Å². The molecule has 6 heteroatoms. The van der Waals surface area contributed by atoms with Crippen molar-refractivity contribution in [3.63, 3.8) is 0 Å². The molecule has 0 radical (unpaired) electrons. The molecule has 6 nitrogen and oxygen atoms in total. The predicted octanol–water partition coefficient (Wildman–Crippen LogP) is 1.75. The number of nitrogens with zero attached hydrogens (tertiary/aromatic N) is 1. The second-order valence-electron chi connectivity index (χ2n) is 5.12. The number of aromatic nitrogens is 1. The Morgan fingerprint density at radius 2 is 2.19 bits per heavy atom. The van der Waals surface area contributed by atoms with E-state index in [0.29, 0.717) is 13.1 Å². The summed E-state index contributed by atoms with van der Waals surface area (Å²) in [7, 11) is 0. The summed E-state index contributed by atoms with van der Waals surface area (Å²) in [5, 5.41) is 8.94. The topological polar surface area (TPSA) is 75.3 Å². The number of amides is 2. The molecular formula is C15H24N4O2. The standard InChI is InChI=1S/C15H24N4O2/c20-15(19-12-13-6-5-11-21-13)18-10-4-3-9-17-14-7-1-2-8-16-14/h1-2,7-8,13H,3-6,9-12H2,(H,16,17)(H2,18,19,20). The van der Waals surface area contributed by atoms with Crippen LogP contribution in [-0.2, 0) is 4.74 Å². The average molecular weight is 292 g/mol. The molecule has 1 saturated heterocycles. The summed E-state index contributed by atoms with van der Waals surface area (Å²) in [5.74, 6) is 0.889. The summed E-state index contributed by atoms with van der Waals surface area (Å²) in [6.07, 6.45) is 6.02. The van der Waals surface area contributed by atoms with Crippen LogP contribution >= 0.6 is 0 Å². The first kappa shape index (κ1) is 15.6. The van der Waals surface area contributed by atoms with E-state index in [2.05, 4.69) is 20.9 Å². The smallest absolute Gasteiger partial charge is 0.314 e. The van der Waals surface area contributed by atoms with Crippen LogP contribution in [0.5, 0.6) is 0 Å². The van der Waals surface area contributed by atoms with E-state index in [-0.39, 0.29) is 12.1 Å². The number of unbranched alkanes of at least 4 members (excludes halogenated alkanes) is 1. The Morgan fingerprint density at radius 1 is 1.29 bits per heavy atom. The third-order valence-electron chi connectivity index (χ3n) is 3.37. The van der Waals surface area contributed by atoms with Gasteiger partial charge in [-0.05, 0) is 37.8 Å². The van der Waals surface area contributed by atoms with Crippen LogP contribution in [0.3, 0.4) is 0 Å². The molecule has 116 valence electrons. The minimum absolute atomic E-state index is 0.108. The first-order valence-electron chi connectivity index (χ1n) is 7.63. The zero-order valence-corrected chi connectivity index (χ0v) is 12.3. The number of rotatable bonds is 8. The maximum Gasteiger partial charge on any atom is 0.314 e. The fourth-order valence-corrected chi connectivity index (χ4v) is 2.21. The largest absolute Gasteiger partial charge is 0.376 e. The quantitative estimate of drug-likeness (QED) is 0.638. The number of anilines is 1. The Bertz CT molecular complexity index is 407. The van der Waals surface area contributed by atoms with E-state index in [1.807, 2.05) is 18.2 Å². The molecule has 2 heterocycles. The first-order valence-corrected chi connectivity index (χ1v) is 7.63. The number of nitrogens with one attached hydrogen (secondary N) is 3. The van der Waals surface area contributed by atoms with Gasteiger partial charge >= 0.3 is 6.03 Å². The van der Waals surface area contributed by atoms with Crippen molar-refractivity contribution in [1.29, 1.82) is 0 Å². The number of hydrogen-bond donors (Lipinski definition) is 3. The van der Waals surface area contributed by atoms with Crippen LogP contribution in [0, 0.1) is 0 Å². The molecular weight excluding hydrogens is 268 g/mol. The lowest BCUT2D eigenvalue weighted by Crippen LogP contribution is -2.40. The van der Waals surface area contributed by atoms with Gasteiger partial charge in [-0.25, -0.2) is 9.78 Å². The molecule has 1 atom stereocenters. The van der Waals surface area contributed by atoms with Gasteiger partial charge in [0, 0.05) is 32.4 Å². The van der Waals surface area contributed by atoms with Gasteiger partial charge in [-0.2, -0.15) is 0 Å². The van der Waals surface area contributed by atoms with Crippen LogP contribution in [0.1, 0.15) is 25.7 Å². The summed E-state index contributed by atoms with van der Waals surface area (Å²) in [6.45, 7) is 2.96. The lowest BCUT2D eigenvalue weighted by molar-refractivity contribution is 0.111. The van der Waals surface area contributed by atoms with Gasteiger partial charge in [-0.15, -0.1) is 0 Å². The van der Waals surface area contributed by atoms with E-state index < -0.39 is 0 Å². The number of hydrogen-bond acceptors (Lipinski definition) is 4. The van der Waals surface area contributed by atoms with Gasteiger partial charge < -0.3 is 20.7 Å². The molecule has 0 aliphatic carbocycles.